The first kappa shape index (κ1) is 18.9. The van der Waals surface area contributed by atoms with Gasteiger partial charge in [0.2, 0.25) is 5.91 Å². The third-order valence-corrected chi connectivity index (χ3v) is 4.72. The molecule has 1 aliphatic heterocycles. The zero-order valence-electron chi connectivity index (χ0n) is 15.5. The molecule has 3 rings (SSSR count). The Bertz CT molecular complexity index is 836. The van der Waals surface area contributed by atoms with E-state index in [1.54, 1.807) is 35.2 Å². The minimum Gasteiger partial charge on any atom is -0.496 e. The SMILES string of the molecule is COc1ccc(F)cc1-c1ccc(C(=O)N2CCC[C@@H](NC(C)=O)C2)cc1. The van der Waals surface area contributed by atoms with Crippen LogP contribution >= 0.6 is 0 Å². The van der Waals surface area contributed by atoms with Gasteiger partial charge >= 0.3 is 0 Å². The molecule has 1 aliphatic rings. The molecule has 2 aromatic rings. The minimum absolute atomic E-state index is 0.00368. The highest BCUT2D eigenvalue weighted by Gasteiger charge is 2.25. The van der Waals surface area contributed by atoms with E-state index in [0.717, 1.165) is 18.4 Å². The van der Waals surface area contributed by atoms with Crippen molar-refractivity contribution in [2.75, 3.05) is 20.2 Å². The van der Waals surface area contributed by atoms with Gasteiger partial charge in [0, 0.05) is 37.2 Å². The van der Waals surface area contributed by atoms with Crippen molar-refractivity contribution in [3.05, 3.63) is 53.8 Å². The van der Waals surface area contributed by atoms with Gasteiger partial charge in [0.1, 0.15) is 11.6 Å². The molecule has 1 saturated heterocycles. The Balaban J connectivity index is 1.76. The topological polar surface area (TPSA) is 58.6 Å². The van der Waals surface area contributed by atoms with Crippen LogP contribution in [0.25, 0.3) is 11.1 Å². The Labute approximate surface area is 158 Å². The summed E-state index contributed by atoms with van der Waals surface area (Å²) in [5, 5.41) is 2.88. The van der Waals surface area contributed by atoms with Crippen LogP contribution in [0.1, 0.15) is 30.1 Å². The van der Waals surface area contributed by atoms with Crippen LogP contribution in [0.2, 0.25) is 0 Å². The molecule has 1 atom stereocenters. The first-order valence-corrected chi connectivity index (χ1v) is 8.98. The zero-order valence-corrected chi connectivity index (χ0v) is 15.5. The number of nitrogens with one attached hydrogen (secondary N) is 1. The van der Waals surface area contributed by atoms with Gasteiger partial charge in [-0.15, -0.1) is 0 Å². The second-order valence-corrected chi connectivity index (χ2v) is 6.71. The van der Waals surface area contributed by atoms with E-state index in [9.17, 15) is 14.0 Å². The van der Waals surface area contributed by atoms with E-state index < -0.39 is 0 Å². The normalized spacial score (nSPS) is 16.7. The van der Waals surface area contributed by atoms with Crippen LogP contribution in [0, 0.1) is 5.82 Å². The number of benzene rings is 2. The van der Waals surface area contributed by atoms with Crippen LogP contribution in [-0.4, -0.2) is 43.0 Å². The quantitative estimate of drug-likeness (QED) is 0.899. The van der Waals surface area contributed by atoms with Gasteiger partial charge in [-0.25, -0.2) is 4.39 Å². The summed E-state index contributed by atoms with van der Waals surface area (Å²) in [5.74, 6) is 0.0819. The van der Waals surface area contributed by atoms with Crippen molar-refractivity contribution in [3.8, 4) is 16.9 Å². The number of piperidine rings is 1. The highest BCUT2D eigenvalue weighted by atomic mass is 19.1. The van der Waals surface area contributed by atoms with Gasteiger partial charge < -0.3 is 15.0 Å². The highest BCUT2D eigenvalue weighted by Crippen LogP contribution is 2.31. The molecule has 0 aromatic heterocycles. The number of ether oxygens (including phenoxy) is 1. The van der Waals surface area contributed by atoms with Crippen molar-refractivity contribution in [2.45, 2.75) is 25.8 Å². The standard InChI is InChI=1S/C21H23FN2O3/c1-14(25)23-18-4-3-11-24(13-18)21(26)16-7-5-15(6-8-16)19-12-17(22)9-10-20(19)27-2/h5-10,12,18H,3-4,11,13H2,1-2H3,(H,23,25)/t18-/m1/s1. The molecule has 0 spiro atoms. The summed E-state index contributed by atoms with van der Waals surface area (Å²) >= 11 is 0. The largest absolute Gasteiger partial charge is 0.496 e. The smallest absolute Gasteiger partial charge is 0.253 e. The van der Waals surface area contributed by atoms with Crippen LogP contribution in [0.3, 0.4) is 0 Å². The maximum absolute atomic E-state index is 13.6. The van der Waals surface area contributed by atoms with E-state index in [-0.39, 0.29) is 23.7 Å². The highest BCUT2D eigenvalue weighted by molar-refractivity contribution is 5.95. The fourth-order valence-corrected chi connectivity index (χ4v) is 3.45. The molecule has 0 unspecified atom stereocenters. The Morgan fingerprint density at radius 3 is 2.59 bits per heavy atom. The number of carbonyl (C=O) groups is 2. The predicted octanol–water partition coefficient (Wildman–Crippen LogP) is 3.24. The van der Waals surface area contributed by atoms with Crippen LogP contribution in [0.15, 0.2) is 42.5 Å². The molecule has 2 amide bonds. The summed E-state index contributed by atoms with van der Waals surface area (Å²) in [7, 11) is 1.54. The van der Waals surface area contributed by atoms with Gasteiger partial charge in [-0.05, 0) is 48.7 Å². The molecule has 1 heterocycles. The van der Waals surface area contributed by atoms with Crippen LogP contribution in [0.4, 0.5) is 4.39 Å². The van der Waals surface area contributed by atoms with E-state index >= 15 is 0 Å². The van der Waals surface area contributed by atoms with Gasteiger partial charge in [-0.1, -0.05) is 12.1 Å². The lowest BCUT2D eigenvalue weighted by molar-refractivity contribution is -0.120. The number of likely N-dealkylation sites (tertiary alicyclic amines) is 1. The molecule has 1 fully saturated rings. The van der Waals surface area contributed by atoms with Crippen molar-refractivity contribution in [3.63, 3.8) is 0 Å². The van der Waals surface area contributed by atoms with Gasteiger partial charge in [0.15, 0.2) is 0 Å². The molecule has 0 aliphatic carbocycles. The molecule has 6 heteroatoms. The first-order valence-electron chi connectivity index (χ1n) is 8.98. The average molecular weight is 370 g/mol. The van der Waals surface area contributed by atoms with E-state index in [4.69, 9.17) is 4.74 Å². The number of amides is 2. The van der Waals surface area contributed by atoms with Gasteiger partial charge in [0.05, 0.1) is 7.11 Å². The van der Waals surface area contributed by atoms with Crippen LogP contribution in [-0.2, 0) is 4.79 Å². The molecule has 1 N–H and O–H groups in total. The summed E-state index contributed by atoms with van der Waals surface area (Å²) in [6.45, 7) is 2.67. The van der Waals surface area contributed by atoms with Crippen molar-refractivity contribution >= 4 is 11.8 Å². The van der Waals surface area contributed by atoms with E-state index in [0.29, 0.717) is 30.0 Å². The minimum atomic E-state index is -0.344. The predicted molar refractivity (Wildman–Crippen MR) is 101 cm³/mol. The monoisotopic (exact) mass is 370 g/mol. The zero-order chi connectivity index (χ0) is 19.4. The lowest BCUT2D eigenvalue weighted by Gasteiger charge is -2.33. The fourth-order valence-electron chi connectivity index (χ4n) is 3.45. The number of methoxy groups -OCH3 is 1. The van der Waals surface area contributed by atoms with Crippen molar-refractivity contribution < 1.29 is 18.7 Å². The van der Waals surface area contributed by atoms with E-state index in [1.807, 2.05) is 0 Å². The fraction of sp³-hybridized carbons (Fsp3) is 0.333. The van der Waals surface area contributed by atoms with Gasteiger partial charge in [0.25, 0.3) is 5.91 Å². The summed E-state index contributed by atoms with van der Waals surface area (Å²) in [6.07, 6.45) is 1.73. The molecule has 0 saturated carbocycles. The van der Waals surface area contributed by atoms with Crippen molar-refractivity contribution in [1.82, 2.24) is 10.2 Å². The third kappa shape index (κ3) is 4.45. The molecular weight excluding hydrogens is 347 g/mol. The van der Waals surface area contributed by atoms with E-state index in [2.05, 4.69) is 5.32 Å². The molecule has 5 nitrogen and oxygen atoms in total. The number of halogens is 1. The Morgan fingerprint density at radius 2 is 1.93 bits per heavy atom. The molecular formula is C21H23FN2O3. The lowest BCUT2D eigenvalue weighted by atomic mass is 10.0. The van der Waals surface area contributed by atoms with Gasteiger partial charge in [-0.2, -0.15) is 0 Å². The van der Waals surface area contributed by atoms with Crippen LogP contribution < -0.4 is 10.1 Å². The molecule has 2 aromatic carbocycles. The van der Waals surface area contributed by atoms with Gasteiger partial charge in [-0.3, -0.25) is 9.59 Å². The number of rotatable bonds is 4. The third-order valence-electron chi connectivity index (χ3n) is 4.72. The average Bonchev–Trinajstić information content (AvgIpc) is 2.67. The Morgan fingerprint density at radius 1 is 1.19 bits per heavy atom. The maximum atomic E-state index is 13.6. The molecule has 0 bridgehead atoms. The summed E-state index contributed by atoms with van der Waals surface area (Å²) in [4.78, 5) is 25.8. The molecule has 27 heavy (non-hydrogen) atoms. The summed E-state index contributed by atoms with van der Waals surface area (Å²) in [6, 6.07) is 11.4. The lowest BCUT2D eigenvalue weighted by Crippen LogP contribution is -2.49. The second kappa shape index (κ2) is 8.20. The number of hydrogen-bond acceptors (Lipinski definition) is 3. The van der Waals surface area contributed by atoms with Crippen molar-refractivity contribution in [1.29, 1.82) is 0 Å². The van der Waals surface area contributed by atoms with E-state index in [1.165, 1.54) is 26.2 Å². The number of nitrogens with zero attached hydrogens (tertiary/aromatic N) is 1. The number of carbonyl (C=O) groups excluding carboxylic acids is 2. The Hall–Kier alpha value is -2.89. The van der Waals surface area contributed by atoms with Crippen LogP contribution in [0.5, 0.6) is 5.75 Å². The number of hydrogen-bond donors (Lipinski definition) is 1. The second-order valence-electron chi connectivity index (χ2n) is 6.71. The maximum Gasteiger partial charge on any atom is 0.253 e. The first-order chi connectivity index (χ1) is 13.0. The summed E-state index contributed by atoms with van der Waals surface area (Å²) in [5.41, 5.74) is 1.98. The molecule has 0 radical (unpaired) electrons. The summed E-state index contributed by atoms with van der Waals surface area (Å²) < 4.78 is 18.9. The molecule has 142 valence electrons. The van der Waals surface area contributed by atoms with Crippen molar-refractivity contribution in [2.24, 2.45) is 0 Å². The Kier molecular flexibility index (Phi) is 5.74.